The number of nitrogens with zero attached hydrogens (tertiary/aromatic N) is 2. The Hall–Kier alpha value is -2.37. The summed E-state index contributed by atoms with van der Waals surface area (Å²) in [6.07, 6.45) is 2.99. The van der Waals surface area contributed by atoms with Crippen molar-refractivity contribution in [1.82, 2.24) is 4.98 Å². The zero-order valence-electron chi connectivity index (χ0n) is 17.8. The van der Waals surface area contributed by atoms with Crippen molar-refractivity contribution in [2.75, 3.05) is 32.2 Å². The van der Waals surface area contributed by atoms with Gasteiger partial charge in [-0.2, -0.15) is 0 Å². The third kappa shape index (κ3) is 8.67. The van der Waals surface area contributed by atoms with E-state index in [0.717, 1.165) is 35.8 Å². The molecule has 0 saturated heterocycles. The fourth-order valence-electron chi connectivity index (χ4n) is 2.57. The Balaban J connectivity index is 0.000000846. The number of hydrogen-bond donors (Lipinski definition) is 1. The molecule has 6 nitrogen and oxygen atoms in total. The number of aromatic nitrogens is 1. The first-order chi connectivity index (χ1) is 13.4. The molecule has 0 fully saturated rings. The molecule has 0 unspecified atom stereocenters. The van der Waals surface area contributed by atoms with Crippen LogP contribution in [0.2, 0.25) is 0 Å². The number of allylic oxidation sites excluding steroid dienone is 2. The van der Waals surface area contributed by atoms with Crippen LogP contribution in [-0.2, 0) is 24.9 Å². The zero-order chi connectivity index (χ0) is 21.1. The van der Waals surface area contributed by atoms with E-state index in [4.69, 9.17) is 14.6 Å². The summed E-state index contributed by atoms with van der Waals surface area (Å²) < 4.78 is 10.6. The van der Waals surface area contributed by atoms with E-state index in [0.29, 0.717) is 5.75 Å². The molecule has 2 rings (SSSR count). The van der Waals surface area contributed by atoms with Crippen LogP contribution in [0, 0.1) is 6.07 Å². The van der Waals surface area contributed by atoms with Crippen LogP contribution in [0.25, 0.3) is 11.3 Å². The molecule has 1 heterocycles. The Morgan fingerprint density at radius 1 is 1.21 bits per heavy atom. The number of carbonyl (C=O) groups excluding carboxylic acids is 1. The standard InChI is InChI=1S/C17H21N2O2.C5H8O2.Ir/c1-5-19(6-2)13-9-10-18-16(11-13)15-8-7-14(20-3)12-17(15)21-4;1-4(6)3-5(2)7;/h7,9-12H,5-6H2,1-4H3;3,6H,1-2H3;/q-1;;/b;4-3-;. The first-order valence-corrected chi connectivity index (χ1v) is 9.09. The maximum Gasteiger partial charge on any atom is 0.155 e. The minimum absolute atomic E-state index is 0. The number of aliphatic hydroxyl groups excluding tert-OH is 1. The monoisotopic (exact) mass is 578 g/mol. The molecule has 7 heteroatoms. The smallest absolute Gasteiger partial charge is 0.155 e. The van der Waals surface area contributed by atoms with E-state index in [1.54, 1.807) is 20.3 Å². The van der Waals surface area contributed by atoms with Crippen molar-refractivity contribution in [3.8, 4) is 22.8 Å². The summed E-state index contributed by atoms with van der Waals surface area (Å²) in [6, 6.07) is 10.9. The van der Waals surface area contributed by atoms with Crippen LogP contribution < -0.4 is 14.4 Å². The second-order valence-electron chi connectivity index (χ2n) is 5.95. The van der Waals surface area contributed by atoms with Crippen LogP contribution in [0.4, 0.5) is 5.69 Å². The second-order valence-corrected chi connectivity index (χ2v) is 5.95. The second kappa shape index (κ2) is 13.7. The van der Waals surface area contributed by atoms with Gasteiger partial charge in [0.25, 0.3) is 0 Å². The summed E-state index contributed by atoms with van der Waals surface area (Å²) in [4.78, 5) is 16.7. The van der Waals surface area contributed by atoms with Crippen molar-refractivity contribution in [3.63, 3.8) is 0 Å². The fraction of sp³-hybridized carbons (Fsp3) is 0.364. The van der Waals surface area contributed by atoms with Crippen LogP contribution in [0.15, 0.2) is 42.3 Å². The van der Waals surface area contributed by atoms with Crippen molar-refractivity contribution >= 4 is 11.5 Å². The van der Waals surface area contributed by atoms with Crippen LogP contribution in [-0.4, -0.2) is 43.2 Å². The summed E-state index contributed by atoms with van der Waals surface area (Å²) in [5.41, 5.74) is 2.84. The van der Waals surface area contributed by atoms with Gasteiger partial charge in [-0.3, -0.25) is 4.79 Å². The Morgan fingerprint density at radius 2 is 1.86 bits per heavy atom. The first kappa shape index (κ1) is 26.6. The number of aliphatic hydroxyl groups is 1. The first-order valence-electron chi connectivity index (χ1n) is 9.09. The van der Waals surface area contributed by atoms with Crippen molar-refractivity contribution in [2.24, 2.45) is 0 Å². The summed E-state index contributed by atoms with van der Waals surface area (Å²) in [5.74, 6) is 1.36. The van der Waals surface area contributed by atoms with Gasteiger partial charge in [-0.1, -0.05) is 17.7 Å². The van der Waals surface area contributed by atoms with Gasteiger partial charge >= 0.3 is 0 Å². The number of hydrogen-bond acceptors (Lipinski definition) is 6. The summed E-state index contributed by atoms with van der Waals surface area (Å²) in [7, 11) is 3.27. The van der Waals surface area contributed by atoms with Crippen molar-refractivity contribution in [3.05, 3.63) is 48.4 Å². The number of benzene rings is 1. The molecular formula is C22H29IrN2O4-. The quantitative estimate of drug-likeness (QED) is 0.298. The SMILES string of the molecule is CC(=O)/C=C(/C)O.CCN(CC)c1ccnc(-c2[c-]cc(OC)cc2OC)c1.[Ir]. The van der Waals surface area contributed by atoms with Crippen molar-refractivity contribution < 1.29 is 39.5 Å². The molecule has 29 heavy (non-hydrogen) atoms. The van der Waals surface area contributed by atoms with E-state index in [1.807, 2.05) is 18.3 Å². The zero-order valence-corrected chi connectivity index (χ0v) is 20.2. The fourth-order valence-corrected chi connectivity index (χ4v) is 2.57. The molecule has 1 N–H and O–H groups in total. The molecule has 0 atom stereocenters. The topological polar surface area (TPSA) is 71.9 Å². The normalized spacial score (nSPS) is 10.2. The number of rotatable bonds is 7. The number of carbonyl (C=O) groups is 1. The van der Waals surface area contributed by atoms with E-state index < -0.39 is 0 Å². The van der Waals surface area contributed by atoms with E-state index in [-0.39, 0.29) is 31.6 Å². The molecule has 0 aliphatic heterocycles. The van der Waals surface area contributed by atoms with Gasteiger partial charge in [0.2, 0.25) is 0 Å². The maximum absolute atomic E-state index is 10.0. The third-order valence-corrected chi connectivity index (χ3v) is 3.87. The molecule has 0 amide bonds. The van der Waals surface area contributed by atoms with Crippen molar-refractivity contribution in [1.29, 1.82) is 0 Å². The van der Waals surface area contributed by atoms with Crippen LogP contribution in [0.1, 0.15) is 27.7 Å². The Kier molecular flexibility index (Phi) is 12.6. The minimum Gasteiger partial charge on any atom is -0.540 e. The van der Waals surface area contributed by atoms with Gasteiger partial charge < -0.3 is 24.5 Å². The molecule has 1 radical (unpaired) electrons. The summed E-state index contributed by atoms with van der Waals surface area (Å²) >= 11 is 0. The third-order valence-electron chi connectivity index (χ3n) is 3.87. The molecule has 0 saturated carbocycles. The summed E-state index contributed by atoms with van der Waals surface area (Å²) in [5, 5.41) is 8.36. The van der Waals surface area contributed by atoms with E-state index in [9.17, 15) is 4.79 Å². The largest absolute Gasteiger partial charge is 0.540 e. The molecule has 2 aromatic rings. The van der Waals surface area contributed by atoms with E-state index >= 15 is 0 Å². The number of ketones is 1. The molecule has 0 spiro atoms. The predicted octanol–water partition coefficient (Wildman–Crippen LogP) is 4.45. The minimum atomic E-state index is -0.125. The summed E-state index contributed by atoms with van der Waals surface area (Å²) in [6.45, 7) is 9.06. The Labute approximate surface area is 186 Å². The van der Waals surface area contributed by atoms with Gasteiger partial charge in [0.1, 0.15) is 0 Å². The predicted molar refractivity (Wildman–Crippen MR) is 112 cm³/mol. The molecule has 0 aliphatic carbocycles. The van der Waals surface area contributed by atoms with Gasteiger partial charge in [-0.05, 0) is 39.5 Å². The molecule has 0 bridgehead atoms. The van der Waals surface area contributed by atoms with Crippen LogP contribution >= 0.6 is 0 Å². The molecule has 1 aromatic carbocycles. The van der Waals surface area contributed by atoms with Gasteiger partial charge in [-0.25, -0.2) is 0 Å². The maximum atomic E-state index is 10.0. The van der Waals surface area contributed by atoms with Gasteiger partial charge in [0.05, 0.1) is 20.0 Å². The number of ether oxygens (including phenoxy) is 2. The average molecular weight is 578 g/mol. The van der Waals surface area contributed by atoms with Gasteiger partial charge in [0, 0.05) is 62.7 Å². The Morgan fingerprint density at radius 3 is 2.31 bits per heavy atom. The van der Waals surface area contributed by atoms with Gasteiger partial charge in [-0.15, -0.1) is 12.1 Å². The average Bonchev–Trinajstić information content (AvgIpc) is 2.68. The van der Waals surface area contributed by atoms with Gasteiger partial charge in [0.15, 0.2) is 5.78 Å². The van der Waals surface area contributed by atoms with Crippen LogP contribution in [0.3, 0.4) is 0 Å². The molecule has 161 valence electrons. The van der Waals surface area contributed by atoms with Crippen molar-refractivity contribution in [2.45, 2.75) is 27.7 Å². The molecule has 1 aromatic heterocycles. The Bertz CT molecular complexity index is 801. The number of methoxy groups -OCH3 is 2. The molecular weight excluding hydrogens is 548 g/mol. The van der Waals surface area contributed by atoms with Crippen LogP contribution in [0.5, 0.6) is 11.5 Å². The van der Waals surface area contributed by atoms with E-state index in [1.165, 1.54) is 19.9 Å². The van der Waals surface area contributed by atoms with E-state index in [2.05, 4.69) is 35.9 Å². The number of pyridine rings is 1. The molecule has 0 aliphatic rings. The number of anilines is 1.